The van der Waals surface area contributed by atoms with Crippen LogP contribution in [0.25, 0.3) is 6.08 Å². The van der Waals surface area contributed by atoms with Crippen molar-refractivity contribution in [1.29, 1.82) is 0 Å². The fourth-order valence-corrected chi connectivity index (χ4v) is 5.71. The Bertz CT molecular complexity index is 701. The summed E-state index contributed by atoms with van der Waals surface area (Å²) in [7, 11) is -2.84. The summed E-state index contributed by atoms with van der Waals surface area (Å²) < 4.78 is 23.2. The number of rotatable bonds is 3. The number of carbonyl (C=O) groups is 1. The van der Waals surface area contributed by atoms with Crippen molar-refractivity contribution in [2.24, 2.45) is 0 Å². The zero-order chi connectivity index (χ0) is 16.4. The van der Waals surface area contributed by atoms with Crippen LogP contribution in [-0.2, 0) is 14.6 Å². The molecule has 5 nitrogen and oxygen atoms in total. The fraction of sp³-hybridized carbons (Fsp3) is 0.562. The molecule has 0 saturated carbocycles. The second-order valence-corrected chi connectivity index (χ2v) is 9.75. The molecule has 0 aromatic carbocycles. The molecular formula is C16H22N2O3S2. The highest BCUT2D eigenvalue weighted by Gasteiger charge is 2.34. The number of hydrogen-bond donors (Lipinski definition) is 0. The van der Waals surface area contributed by atoms with Crippen molar-refractivity contribution < 1.29 is 13.2 Å². The lowest BCUT2D eigenvalue weighted by Crippen LogP contribution is -2.52. The summed E-state index contributed by atoms with van der Waals surface area (Å²) in [6, 6.07) is 4.20. The molecule has 3 heterocycles. The van der Waals surface area contributed by atoms with Gasteiger partial charge in [-0.25, -0.2) is 8.42 Å². The molecule has 2 saturated heterocycles. The Morgan fingerprint density at radius 2 is 2.00 bits per heavy atom. The molecule has 2 aliphatic rings. The highest BCUT2D eigenvalue weighted by molar-refractivity contribution is 7.91. The molecule has 7 heteroatoms. The molecular weight excluding hydrogens is 332 g/mol. The van der Waals surface area contributed by atoms with E-state index < -0.39 is 9.84 Å². The van der Waals surface area contributed by atoms with Crippen LogP contribution in [0.1, 0.15) is 16.2 Å². The molecule has 0 N–H and O–H groups in total. The predicted octanol–water partition coefficient (Wildman–Crippen LogP) is 1.40. The Kier molecular flexibility index (Phi) is 4.89. The van der Waals surface area contributed by atoms with Gasteiger partial charge in [0.05, 0.1) is 11.5 Å². The first-order chi connectivity index (χ1) is 10.9. The summed E-state index contributed by atoms with van der Waals surface area (Å²) in [4.78, 5) is 18.6. The molecule has 1 atom stereocenters. The molecule has 0 spiro atoms. The lowest BCUT2D eigenvalue weighted by Gasteiger charge is -2.37. The Morgan fingerprint density at radius 3 is 2.57 bits per heavy atom. The zero-order valence-corrected chi connectivity index (χ0v) is 14.9. The normalized spacial score (nSPS) is 25.3. The van der Waals surface area contributed by atoms with Crippen molar-refractivity contribution in [3.63, 3.8) is 0 Å². The summed E-state index contributed by atoms with van der Waals surface area (Å²) in [5.41, 5.74) is 0. The van der Waals surface area contributed by atoms with Gasteiger partial charge >= 0.3 is 0 Å². The molecule has 2 fully saturated rings. The van der Waals surface area contributed by atoms with Gasteiger partial charge in [0, 0.05) is 48.1 Å². The quantitative estimate of drug-likeness (QED) is 0.770. The van der Waals surface area contributed by atoms with Crippen molar-refractivity contribution in [3.8, 4) is 0 Å². The number of amides is 1. The van der Waals surface area contributed by atoms with Gasteiger partial charge in [-0.2, -0.15) is 0 Å². The summed E-state index contributed by atoms with van der Waals surface area (Å²) in [6.45, 7) is 4.91. The molecule has 0 radical (unpaired) electrons. The number of aryl methyl sites for hydroxylation is 1. The number of hydrogen-bond acceptors (Lipinski definition) is 5. The number of carbonyl (C=O) groups excluding carboxylic acids is 1. The van der Waals surface area contributed by atoms with Crippen LogP contribution in [-0.4, -0.2) is 67.9 Å². The zero-order valence-electron chi connectivity index (χ0n) is 13.3. The number of sulfone groups is 1. The van der Waals surface area contributed by atoms with E-state index in [9.17, 15) is 13.2 Å². The number of piperazine rings is 1. The van der Waals surface area contributed by atoms with E-state index >= 15 is 0 Å². The van der Waals surface area contributed by atoms with E-state index in [-0.39, 0.29) is 17.7 Å². The third kappa shape index (κ3) is 4.22. The molecule has 1 aromatic rings. The maximum absolute atomic E-state index is 12.2. The number of nitrogens with zero attached hydrogens (tertiary/aromatic N) is 2. The van der Waals surface area contributed by atoms with E-state index in [4.69, 9.17) is 0 Å². The monoisotopic (exact) mass is 354 g/mol. The second-order valence-electron chi connectivity index (χ2n) is 6.20. The van der Waals surface area contributed by atoms with Crippen molar-refractivity contribution in [3.05, 3.63) is 28.0 Å². The molecule has 0 unspecified atom stereocenters. The fourth-order valence-electron chi connectivity index (χ4n) is 3.17. The van der Waals surface area contributed by atoms with Crippen molar-refractivity contribution in [2.45, 2.75) is 19.4 Å². The number of thiophene rings is 1. The molecule has 1 amide bonds. The van der Waals surface area contributed by atoms with E-state index in [0.717, 1.165) is 24.4 Å². The first-order valence-electron chi connectivity index (χ1n) is 7.91. The lowest BCUT2D eigenvalue weighted by molar-refractivity contribution is -0.127. The van der Waals surface area contributed by atoms with Crippen molar-refractivity contribution in [2.75, 3.05) is 37.7 Å². The van der Waals surface area contributed by atoms with Gasteiger partial charge in [-0.15, -0.1) is 11.3 Å². The van der Waals surface area contributed by atoms with Gasteiger partial charge < -0.3 is 4.90 Å². The van der Waals surface area contributed by atoms with Gasteiger partial charge in [0.1, 0.15) is 0 Å². The third-order valence-corrected chi connectivity index (χ3v) is 7.22. The smallest absolute Gasteiger partial charge is 0.246 e. The van der Waals surface area contributed by atoms with Gasteiger partial charge in [-0.1, -0.05) is 0 Å². The molecule has 2 aliphatic heterocycles. The average Bonchev–Trinajstić information content (AvgIpc) is 3.10. The second kappa shape index (κ2) is 6.75. The van der Waals surface area contributed by atoms with Gasteiger partial charge in [0.25, 0.3) is 0 Å². The van der Waals surface area contributed by atoms with Gasteiger partial charge in [-0.05, 0) is 31.6 Å². The third-order valence-electron chi connectivity index (χ3n) is 4.50. The SMILES string of the molecule is Cc1ccc(/C=C/C(=O)N2CCN([C@H]3CCS(=O)(=O)C3)CC2)s1. The van der Waals surface area contributed by atoms with Crippen molar-refractivity contribution >= 4 is 33.2 Å². The summed E-state index contributed by atoms with van der Waals surface area (Å²) in [6.07, 6.45) is 4.24. The first kappa shape index (κ1) is 16.7. The summed E-state index contributed by atoms with van der Waals surface area (Å²) >= 11 is 1.67. The van der Waals surface area contributed by atoms with E-state index in [1.807, 2.05) is 30.0 Å². The van der Waals surface area contributed by atoms with Crippen LogP contribution in [0.15, 0.2) is 18.2 Å². The molecule has 126 valence electrons. The van der Waals surface area contributed by atoms with Crippen LogP contribution in [0.5, 0.6) is 0 Å². The minimum atomic E-state index is -2.84. The first-order valence-corrected chi connectivity index (χ1v) is 10.5. The largest absolute Gasteiger partial charge is 0.337 e. The van der Waals surface area contributed by atoms with Gasteiger partial charge in [-0.3, -0.25) is 9.69 Å². The molecule has 23 heavy (non-hydrogen) atoms. The highest BCUT2D eigenvalue weighted by Crippen LogP contribution is 2.20. The van der Waals surface area contributed by atoms with E-state index in [1.165, 1.54) is 4.88 Å². The van der Waals surface area contributed by atoms with Crippen LogP contribution < -0.4 is 0 Å². The Morgan fingerprint density at radius 1 is 1.26 bits per heavy atom. The maximum Gasteiger partial charge on any atom is 0.246 e. The Hall–Kier alpha value is -1.18. The summed E-state index contributed by atoms with van der Waals surface area (Å²) in [5, 5.41) is 0. The van der Waals surface area contributed by atoms with E-state index in [0.29, 0.717) is 18.8 Å². The Balaban J connectivity index is 1.50. The molecule has 1 aromatic heterocycles. The maximum atomic E-state index is 12.2. The predicted molar refractivity (Wildman–Crippen MR) is 93.3 cm³/mol. The average molecular weight is 354 g/mol. The van der Waals surface area contributed by atoms with Crippen LogP contribution in [0.3, 0.4) is 0 Å². The Labute approximate surface area is 141 Å². The standard InChI is InChI=1S/C16H22N2O3S2/c1-13-2-3-15(22-13)4-5-16(19)18-9-7-17(8-10-18)14-6-11-23(20,21)12-14/h2-5,14H,6-12H2,1H3/b5-4+/t14-/m0/s1. The van der Waals surface area contributed by atoms with Crippen LogP contribution in [0, 0.1) is 6.92 Å². The topological polar surface area (TPSA) is 57.7 Å². The van der Waals surface area contributed by atoms with Crippen LogP contribution >= 0.6 is 11.3 Å². The summed E-state index contributed by atoms with van der Waals surface area (Å²) in [5.74, 6) is 0.619. The van der Waals surface area contributed by atoms with Crippen LogP contribution in [0.2, 0.25) is 0 Å². The molecule has 0 bridgehead atoms. The van der Waals surface area contributed by atoms with E-state index in [2.05, 4.69) is 4.90 Å². The van der Waals surface area contributed by atoms with E-state index in [1.54, 1.807) is 17.4 Å². The molecule has 0 aliphatic carbocycles. The molecule has 3 rings (SSSR count). The lowest BCUT2D eigenvalue weighted by atomic mass is 10.2. The minimum Gasteiger partial charge on any atom is -0.337 e. The minimum absolute atomic E-state index is 0.0368. The van der Waals surface area contributed by atoms with Gasteiger partial charge in [0.15, 0.2) is 9.84 Å². The van der Waals surface area contributed by atoms with Gasteiger partial charge in [0.2, 0.25) is 5.91 Å². The van der Waals surface area contributed by atoms with Crippen LogP contribution in [0.4, 0.5) is 0 Å². The van der Waals surface area contributed by atoms with Crippen molar-refractivity contribution in [1.82, 2.24) is 9.80 Å². The highest BCUT2D eigenvalue weighted by atomic mass is 32.2.